The van der Waals surface area contributed by atoms with Gasteiger partial charge in [0.25, 0.3) is 0 Å². The van der Waals surface area contributed by atoms with E-state index >= 15 is 0 Å². The summed E-state index contributed by atoms with van der Waals surface area (Å²) in [5.74, 6) is 0. The average Bonchev–Trinajstić information content (AvgIpc) is 2.66. The molecule has 5 heteroatoms. The molecule has 1 aliphatic rings. The van der Waals surface area contributed by atoms with Crippen molar-refractivity contribution >= 4 is 15.8 Å². The van der Waals surface area contributed by atoms with Gasteiger partial charge in [-0.3, -0.25) is 0 Å². The van der Waals surface area contributed by atoms with E-state index in [2.05, 4.69) is 32.3 Å². The van der Waals surface area contributed by atoms with Crippen molar-refractivity contribution in [3.05, 3.63) is 70.8 Å². The van der Waals surface area contributed by atoms with Gasteiger partial charge >= 0.3 is 10.1 Å². The zero-order valence-corrected chi connectivity index (χ0v) is 17.2. The van der Waals surface area contributed by atoms with Crippen LogP contribution >= 0.6 is 0 Å². The molecule has 1 aliphatic carbocycles. The first kappa shape index (κ1) is 19.6. The van der Waals surface area contributed by atoms with E-state index in [4.69, 9.17) is 4.28 Å². The first-order valence-electron chi connectivity index (χ1n) is 9.33. The lowest BCUT2D eigenvalue weighted by Crippen LogP contribution is -2.22. The number of fused-ring (bicyclic) bond motifs is 1. The lowest BCUT2D eigenvalue weighted by molar-refractivity contribution is 0.258. The number of hydroxylamine groups is 1. The van der Waals surface area contributed by atoms with Crippen LogP contribution in [0.3, 0.4) is 0 Å². The molecular weight excluding hydrogens is 358 g/mol. The molecule has 0 spiro atoms. The molecule has 0 bridgehead atoms. The van der Waals surface area contributed by atoms with E-state index in [1.807, 2.05) is 37.3 Å². The molecule has 2 aromatic rings. The van der Waals surface area contributed by atoms with Crippen LogP contribution in [0.4, 0.5) is 0 Å². The van der Waals surface area contributed by atoms with E-state index in [9.17, 15) is 8.42 Å². The number of benzene rings is 2. The van der Waals surface area contributed by atoms with Crippen molar-refractivity contribution in [2.75, 3.05) is 0 Å². The molecule has 0 saturated heterocycles. The van der Waals surface area contributed by atoms with Crippen LogP contribution in [0.15, 0.2) is 53.4 Å². The molecule has 2 aromatic carbocycles. The predicted octanol–water partition coefficient (Wildman–Crippen LogP) is 4.88. The maximum atomic E-state index is 12.7. The third-order valence-electron chi connectivity index (χ3n) is 5.43. The number of hydrogen-bond donors (Lipinski definition) is 1. The highest BCUT2D eigenvalue weighted by molar-refractivity contribution is 7.86. The normalized spacial score (nSPS) is 14.4. The highest BCUT2D eigenvalue weighted by atomic mass is 32.2. The van der Waals surface area contributed by atoms with E-state index in [1.54, 1.807) is 12.1 Å². The molecule has 0 unspecified atom stereocenters. The number of rotatable bonds is 6. The predicted molar refractivity (Wildman–Crippen MR) is 109 cm³/mol. The molecule has 3 rings (SSSR count). The van der Waals surface area contributed by atoms with Gasteiger partial charge in [-0.1, -0.05) is 57.2 Å². The summed E-state index contributed by atoms with van der Waals surface area (Å²) in [6, 6.07) is 13.1. The third-order valence-corrected chi connectivity index (χ3v) is 6.56. The van der Waals surface area contributed by atoms with Gasteiger partial charge in [-0.15, -0.1) is 4.28 Å². The van der Waals surface area contributed by atoms with E-state index in [-0.39, 0.29) is 10.3 Å². The Bertz CT molecular complexity index is 975. The Morgan fingerprint density at radius 2 is 1.89 bits per heavy atom. The van der Waals surface area contributed by atoms with Crippen molar-refractivity contribution in [2.45, 2.75) is 57.3 Å². The first-order valence-corrected chi connectivity index (χ1v) is 10.7. The van der Waals surface area contributed by atoms with Crippen molar-refractivity contribution in [3.63, 3.8) is 0 Å². The van der Waals surface area contributed by atoms with Crippen LogP contribution in [0.5, 0.6) is 0 Å². The van der Waals surface area contributed by atoms with Crippen molar-refractivity contribution in [2.24, 2.45) is 0 Å². The van der Waals surface area contributed by atoms with E-state index in [1.165, 1.54) is 5.56 Å². The summed E-state index contributed by atoms with van der Waals surface area (Å²) in [6.07, 6.45) is 4.74. The summed E-state index contributed by atoms with van der Waals surface area (Å²) in [5.41, 5.74) is 7.64. The monoisotopic (exact) mass is 385 g/mol. The topological polar surface area (TPSA) is 55.4 Å². The van der Waals surface area contributed by atoms with E-state index in [0.717, 1.165) is 36.0 Å². The molecular formula is C22H27NO3S. The molecule has 0 saturated carbocycles. The Balaban J connectivity index is 1.80. The molecule has 4 nitrogen and oxygen atoms in total. The molecule has 0 aromatic heterocycles. The fraction of sp³-hybridized carbons (Fsp3) is 0.364. The van der Waals surface area contributed by atoms with Crippen LogP contribution < -0.4 is 5.48 Å². The van der Waals surface area contributed by atoms with Gasteiger partial charge < -0.3 is 0 Å². The van der Waals surface area contributed by atoms with Crippen molar-refractivity contribution in [1.29, 1.82) is 0 Å². The van der Waals surface area contributed by atoms with Crippen LogP contribution in [0.25, 0.3) is 5.70 Å². The number of aryl methyl sites for hydroxylation is 2. The molecule has 0 heterocycles. The lowest BCUT2D eigenvalue weighted by Gasteiger charge is -2.25. The largest absolute Gasteiger partial charge is 0.317 e. The fourth-order valence-electron chi connectivity index (χ4n) is 3.47. The summed E-state index contributed by atoms with van der Waals surface area (Å²) in [7, 11) is -3.91. The molecule has 0 amide bonds. The molecule has 27 heavy (non-hydrogen) atoms. The van der Waals surface area contributed by atoms with Crippen molar-refractivity contribution < 1.29 is 12.7 Å². The second-order valence-corrected chi connectivity index (χ2v) is 9.21. The Kier molecular flexibility index (Phi) is 5.45. The second kappa shape index (κ2) is 7.49. The maximum absolute atomic E-state index is 12.7. The summed E-state index contributed by atoms with van der Waals surface area (Å²) >= 11 is 0. The minimum Gasteiger partial charge on any atom is -0.249 e. The van der Waals surface area contributed by atoms with Crippen LogP contribution in [-0.2, 0) is 26.2 Å². The third kappa shape index (κ3) is 4.09. The van der Waals surface area contributed by atoms with Gasteiger partial charge in [0.2, 0.25) is 0 Å². The van der Waals surface area contributed by atoms with Crippen LogP contribution in [0, 0.1) is 6.92 Å². The van der Waals surface area contributed by atoms with E-state index in [0.29, 0.717) is 5.70 Å². The molecule has 0 fully saturated rings. The van der Waals surface area contributed by atoms with Crippen LogP contribution in [0.2, 0.25) is 0 Å². The SMILES string of the molecule is CCC(C)(C)c1ccc(S(=O)(=O)ONC2=CCCc3ccccc32)cc1C. The van der Waals surface area contributed by atoms with Crippen molar-refractivity contribution in [3.8, 4) is 0 Å². The first-order chi connectivity index (χ1) is 12.7. The molecule has 0 radical (unpaired) electrons. The van der Waals surface area contributed by atoms with Crippen LogP contribution in [-0.4, -0.2) is 8.42 Å². The minimum atomic E-state index is -3.91. The fourth-order valence-corrected chi connectivity index (χ4v) is 4.32. The van der Waals surface area contributed by atoms with Gasteiger partial charge in [0.15, 0.2) is 0 Å². The van der Waals surface area contributed by atoms with Crippen molar-refractivity contribution in [1.82, 2.24) is 5.48 Å². The number of nitrogens with one attached hydrogen (secondary N) is 1. The van der Waals surface area contributed by atoms with Gasteiger partial charge in [0.1, 0.15) is 0 Å². The number of allylic oxidation sites excluding steroid dienone is 1. The quantitative estimate of drug-likeness (QED) is 0.720. The van der Waals surface area contributed by atoms with Gasteiger partial charge in [-0.05, 0) is 60.4 Å². The van der Waals surface area contributed by atoms with Crippen LogP contribution in [0.1, 0.15) is 55.9 Å². The Labute approximate surface area is 162 Å². The zero-order chi connectivity index (χ0) is 19.7. The molecule has 0 aliphatic heterocycles. The van der Waals surface area contributed by atoms with Gasteiger partial charge in [0.05, 0.1) is 10.6 Å². The standard InChI is InChI=1S/C22H27NO3S/c1-5-22(3,4)20-14-13-18(15-16(20)2)27(24,25)26-23-21-12-8-10-17-9-6-7-11-19(17)21/h6-7,9,11-15,23H,5,8,10H2,1-4H3. The number of hydrogen-bond acceptors (Lipinski definition) is 4. The lowest BCUT2D eigenvalue weighted by atomic mass is 9.80. The molecule has 0 atom stereocenters. The zero-order valence-electron chi connectivity index (χ0n) is 16.4. The van der Waals surface area contributed by atoms with Gasteiger partial charge in [0, 0.05) is 5.56 Å². The summed E-state index contributed by atoms with van der Waals surface area (Å²) in [5, 5.41) is 0. The average molecular weight is 386 g/mol. The maximum Gasteiger partial charge on any atom is 0.317 e. The Morgan fingerprint density at radius 1 is 1.15 bits per heavy atom. The highest BCUT2D eigenvalue weighted by Gasteiger charge is 2.24. The van der Waals surface area contributed by atoms with Gasteiger partial charge in [-0.25, -0.2) is 5.48 Å². The highest BCUT2D eigenvalue weighted by Crippen LogP contribution is 2.31. The smallest absolute Gasteiger partial charge is 0.249 e. The Hall–Kier alpha value is -2.11. The molecule has 1 N–H and O–H groups in total. The minimum absolute atomic E-state index is 0.00209. The summed E-state index contributed by atoms with van der Waals surface area (Å²) in [6.45, 7) is 8.40. The summed E-state index contributed by atoms with van der Waals surface area (Å²) < 4.78 is 30.5. The second-order valence-electron chi connectivity index (χ2n) is 7.67. The van der Waals surface area contributed by atoms with Gasteiger partial charge in [-0.2, -0.15) is 8.42 Å². The molecule has 144 valence electrons. The Morgan fingerprint density at radius 3 is 2.59 bits per heavy atom. The van der Waals surface area contributed by atoms with E-state index < -0.39 is 10.1 Å². The summed E-state index contributed by atoms with van der Waals surface area (Å²) in [4.78, 5) is 0.160.